The number of para-hydroxylation sites is 1. The molecule has 0 radical (unpaired) electrons. The van der Waals surface area contributed by atoms with Crippen LogP contribution in [0.3, 0.4) is 0 Å². The van der Waals surface area contributed by atoms with Crippen molar-refractivity contribution in [3.8, 4) is 56.3 Å². The molecule has 0 spiro atoms. The maximum absolute atomic E-state index is 6.38. The maximum Gasteiger partial charge on any atom is 0.161 e. The minimum absolute atomic E-state index is 0.723. The highest BCUT2D eigenvalue weighted by Gasteiger charge is 2.19. The van der Waals surface area contributed by atoms with Gasteiger partial charge >= 0.3 is 0 Å². The molecule has 0 unspecified atom stereocenters. The smallest absolute Gasteiger partial charge is 0.161 e. The molecule has 0 N–H and O–H groups in total. The standard InChI is InChI=1S/C57H33N3OS/c1-3-12-34(13-4-1)46-33-47(60-57(59-46)45-18-11-21-52-53(45)43-17-8-10-20-51(43)62-52)40-25-24-36-30-37(22-23-38(36)31-40)39-26-27-41-48(32-39)58-56(35-14-5-2-6-15-35)44-28-29-50-55(54(41)44)42-16-7-9-19-49(42)61-50/h1-33H. The summed E-state index contributed by atoms with van der Waals surface area (Å²) in [5.41, 5.74) is 11.9. The SMILES string of the molecule is c1ccc(-c2cc(-c3ccc4cc(-c5ccc6c(c5)nc(-c5ccccc5)c5ccc7oc8ccccc8c7c56)ccc4c3)nc(-c3cccc4sc5ccccc5c34)n2)cc1. The molecular weight excluding hydrogens is 775 g/mol. The topological polar surface area (TPSA) is 51.8 Å². The van der Waals surface area contributed by atoms with Gasteiger partial charge in [-0.15, -0.1) is 11.3 Å². The van der Waals surface area contributed by atoms with Gasteiger partial charge in [-0.25, -0.2) is 15.0 Å². The number of aromatic nitrogens is 3. The van der Waals surface area contributed by atoms with E-state index in [0.29, 0.717) is 0 Å². The van der Waals surface area contributed by atoms with Crippen LogP contribution in [0.5, 0.6) is 0 Å². The lowest BCUT2D eigenvalue weighted by Crippen LogP contribution is -1.96. The van der Waals surface area contributed by atoms with Crippen LogP contribution in [-0.4, -0.2) is 15.0 Å². The van der Waals surface area contributed by atoms with Crippen molar-refractivity contribution in [3.05, 3.63) is 200 Å². The van der Waals surface area contributed by atoms with Crippen LogP contribution in [0.1, 0.15) is 0 Å². The Bertz CT molecular complexity index is 3930. The summed E-state index contributed by atoms with van der Waals surface area (Å²) in [6.45, 7) is 0. The zero-order valence-electron chi connectivity index (χ0n) is 33.2. The van der Waals surface area contributed by atoms with Gasteiger partial charge < -0.3 is 4.42 Å². The van der Waals surface area contributed by atoms with Crippen molar-refractivity contribution in [2.24, 2.45) is 0 Å². The molecule has 0 atom stereocenters. The van der Waals surface area contributed by atoms with Crippen LogP contribution in [0.25, 0.3) is 131 Å². The molecule has 288 valence electrons. The number of thiophene rings is 1. The quantitative estimate of drug-likeness (QED) is 0.163. The Labute approximate surface area is 360 Å². The monoisotopic (exact) mass is 807 g/mol. The molecule has 13 aromatic rings. The Morgan fingerprint density at radius 3 is 1.84 bits per heavy atom. The molecule has 4 nitrogen and oxygen atoms in total. The zero-order valence-corrected chi connectivity index (χ0v) is 34.0. The third-order valence-corrected chi connectivity index (χ3v) is 13.4. The second-order valence-electron chi connectivity index (χ2n) is 15.9. The molecule has 62 heavy (non-hydrogen) atoms. The Balaban J connectivity index is 0.941. The minimum atomic E-state index is 0.723. The van der Waals surface area contributed by atoms with E-state index < -0.39 is 0 Å². The predicted molar refractivity (Wildman–Crippen MR) is 260 cm³/mol. The van der Waals surface area contributed by atoms with E-state index in [-0.39, 0.29) is 0 Å². The fourth-order valence-corrected chi connectivity index (χ4v) is 10.5. The number of fused-ring (bicyclic) bond motifs is 11. The molecule has 0 fully saturated rings. The van der Waals surface area contributed by atoms with Crippen molar-refractivity contribution in [1.82, 2.24) is 15.0 Å². The summed E-state index contributed by atoms with van der Waals surface area (Å²) < 4.78 is 8.87. The van der Waals surface area contributed by atoms with Crippen molar-refractivity contribution in [3.63, 3.8) is 0 Å². The third-order valence-electron chi connectivity index (χ3n) is 12.3. The molecule has 0 saturated heterocycles. The molecule has 4 heterocycles. The Kier molecular flexibility index (Phi) is 7.74. The first-order valence-electron chi connectivity index (χ1n) is 20.8. The van der Waals surface area contributed by atoms with Gasteiger partial charge in [0.2, 0.25) is 0 Å². The number of hydrogen-bond donors (Lipinski definition) is 0. The van der Waals surface area contributed by atoms with Gasteiger partial charge in [-0.1, -0.05) is 146 Å². The molecule has 13 rings (SSSR count). The van der Waals surface area contributed by atoms with Crippen molar-refractivity contribution in [2.45, 2.75) is 0 Å². The summed E-state index contributed by atoms with van der Waals surface area (Å²) in [6, 6.07) is 70.7. The van der Waals surface area contributed by atoms with Gasteiger partial charge in [-0.05, 0) is 76.5 Å². The summed E-state index contributed by atoms with van der Waals surface area (Å²) in [5, 5.41) is 10.3. The highest BCUT2D eigenvalue weighted by Crippen LogP contribution is 2.43. The molecular formula is C57H33N3OS. The van der Waals surface area contributed by atoms with Crippen LogP contribution >= 0.6 is 11.3 Å². The Hall–Kier alpha value is -7.99. The molecule has 0 aliphatic carbocycles. The van der Waals surface area contributed by atoms with E-state index in [4.69, 9.17) is 19.4 Å². The van der Waals surface area contributed by atoms with Crippen LogP contribution < -0.4 is 0 Å². The van der Waals surface area contributed by atoms with Gasteiger partial charge in [0.1, 0.15) is 11.2 Å². The van der Waals surface area contributed by atoms with E-state index in [1.165, 1.54) is 20.2 Å². The van der Waals surface area contributed by atoms with Crippen LogP contribution in [0.2, 0.25) is 0 Å². The Morgan fingerprint density at radius 1 is 0.355 bits per heavy atom. The van der Waals surface area contributed by atoms with Crippen molar-refractivity contribution in [1.29, 1.82) is 0 Å². The van der Waals surface area contributed by atoms with Crippen molar-refractivity contribution >= 4 is 85.9 Å². The van der Waals surface area contributed by atoms with E-state index in [9.17, 15) is 0 Å². The number of hydrogen-bond acceptors (Lipinski definition) is 5. The maximum atomic E-state index is 6.38. The first kappa shape index (κ1) is 34.8. The average Bonchev–Trinajstić information content (AvgIpc) is 3.92. The molecule has 0 saturated carbocycles. The summed E-state index contributed by atoms with van der Waals surface area (Å²) in [4.78, 5) is 15.9. The normalized spacial score (nSPS) is 11.9. The predicted octanol–water partition coefficient (Wildman–Crippen LogP) is 15.9. The number of benzene rings is 9. The highest BCUT2D eigenvalue weighted by atomic mass is 32.1. The summed E-state index contributed by atoms with van der Waals surface area (Å²) in [7, 11) is 0. The second-order valence-corrected chi connectivity index (χ2v) is 17.0. The molecule has 0 bridgehead atoms. The molecule has 0 amide bonds. The van der Waals surface area contributed by atoms with E-state index >= 15 is 0 Å². The summed E-state index contributed by atoms with van der Waals surface area (Å²) >= 11 is 1.81. The number of nitrogens with zero attached hydrogens (tertiary/aromatic N) is 3. The van der Waals surface area contributed by atoms with Crippen LogP contribution in [0.15, 0.2) is 205 Å². The number of rotatable bonds is 5. The highest BCUT2D eigenvalue weighted by molar-refractivity contribution is 7.25. The Morgan fingerprint density at radius 2 is 1.00 bits per heavy atom. The van der Waals surface area contributed by atoms with Gasteiger partial charge in [0.25, 0.3) is 0 Å². The molecule has 0 aliphatic rings. The fourth-order valence-electron chi connectivity index (χ4n) is 9.32. The van der Waals surface area contributed by atoms with E-state index in [1.807, 2.05) is 29.5 Å². The van der Waals surface area contributed by atoms with Gasteiger partial charge in [0.15, 0.2) is 5.82 Å². The second kappa shape index (κ2) is 13.8. The number of furan rings is 1. The van der Waals surface area contributed by atoms with Gasteiger partial charge in [0.05, 0.1) is 22.6 Å². The molecule has 5 heteroatoms. The molecule has 9 aromatic carbocycles. The summed E-state index contributed by atoms with van der Waals surface area (Å²) in [5.74, 6) is 0.723. The van der Waals surface area contributed by atoms with Crippen molar-refractivity contribution in [2.75, 3.05) is 0 Å². The van der Waals surface area contributed by atoms with Crippen LogP contribution in [-0.2, 0) is 0 Å². The average molecular weight is 808 g/mol. The van der Waals surface area contributed by atoms with Crippen LogP contribution in [0.4, 0.5) is 0 Å². The molecule has 4 aromatic heterocycles. The number of pyridine rings is 1. The zero-order chi connectivity index (χ0) is 40.7. The lowest BCUT2D eigenvalue weighted by Gasteiger charge is -2.13. The van der Waals surface area contributed by atoms with E-state index in [2.05, 4.69) is 182 Å². The van der Waals surface area contributed by atoms with Crippen LogP contribution in [0, 0.1) is 0 Å². The van der Waals surface area contributed by atoms with Crippen molar-refractivity contribution < 1.29 is 4.42 Å². The largest absolute Gasteiger partial charge is 0.456 e. The van der Waals surface area contributed by atoms with Gasteiger partial charge in [-0.3, -0.25) is 0 Å². The lowest BCUT2D eigenvalue weighted by molar-refractivity contribution is 0.669. The van der Waals surface area contributed by atoms with E-state index in [1.54, 1.807) is 0 Å². The molecule has 0 aliphatic heterocycles. The minimum Gasteiger partial charge on any atom is -0.456 e. The first-order chi connectivity index (χ1) is 30.7. The third kappa shape index (κ3) is 5.56. The van der Waals surface area contributed by atoms with Gasteiger partial charge in [-0.2, -0.15) is 0 Å². The first-order valence-corrected chi connectivity index (χ1v) is 21.6. The van der Waals surface area contributed by atoms with E-state index in [0.717, 1.165) is 111 Å². The fraction of sp³-hybridized carbons (Fsp3) is 0. The lowest BCUT2D eigenvalue weighted by atomic mass is 9.94. The summed E-state index contributed by atoms with van der Waals surface area (Å²) in [6.07, 6.45) is 0. The van der Waals surface area contributed by atoms with Gasteiger partial charge in [0, 0.05) is 69.4 Å².